The number of ether oxygens (including phenoxy) is 1. The highest BCUT2D eigenvalue weighted by molar-refractivity contribution is 6.09. The first-order chi connectivity index (χ1) is 37.4. The third-order valence-electron chi connectivity index (χ3n) is 13.2. The molecule has 5 nitrogen and oxygen atoms in total. The molecule has 0 N–H and O–H groups in total. The standard InChI is InChI=1S/C67H62N4O/c1-65(2,3)42-48-38-63(68-43-58(48)46-24-14-11-15-25-46)71-59-31-17-16-28-56(59)57-35-34-53(41-62(57)71)72-52-27-20-26-51(40-52)69-44-70(61-33-19-18-32-60(61)69)64-54(45-22-12-10-13-23-45)29-21-30-55(64)47-36-49(66(4,5)6)39-50(37-47)67(7,8)9/h10-41,43H,42H2,1-9H3/i10D,12D,13D,22D,23D,42D2. The molecule has 0 saturated carbocycles. The summed E-state index contributed by atoms with van der Waals surface area (Å²) in [5.41, 5.74) is 10.4. The van der Waals surface area contributed by atoms with E-state index < -0.39 is 29.9 Å². The van der Waals surface area contributed by atoms with Gasteiger partial charge in [0.2, 0.25) is 0 Å². The van der Waals surface area contributed by atoms with Crippen LogP contribution in [0, 0.1) is 11.7 Å². The Hall–Kier alpha value is -8.02. The lowest BCUT2D eigenvalue weighted by atomic mass is 9.78. The van der Waals surface area contributed by atoms with E-state index in [2.05, 4.69) is 88.8 Å². The van der Waals surface area contributed by atoms with Crippen LogP contribution in [0.2, 0.25) is 0 Å². The molecule has 3 aromatic heterocycles. The summed E-state index contributed by atoms with van der Waals surface area (Å²) in [7, 11) is 0. The highest BCUT2D eigenvalue weighted by Gasteiger charge is 2.25. The van der Waals surface area contributed by atoms with Crippen LogP contribution in [0.15, 0.2) is 200 Å². The molecule has 0 radical (unpaired) electrons. The van der Waals surface area contributed by atoms with E-state index in [9.17, 15) is 5.48 Å². The van der Waals surface area contributed by atoms with Gasteiger partial charge in [0, 0.05) is 31.3 Å². The Morgan fingerprint density at radius 2 is 1.19 bits per heavy atom. The molecule has 0 spiro atoms. The first-order valence-electron chi connectivity index (χ1n) is 28.1. The number of nitrogens with zero attached hydrogens (tertiary/aromatic N) is 4. The minimum absolute atomic E-state index is 0.0984. The number of para-hydroxylation sites is 4. The van der Waals surface area contributed by atoms with E-state index >= 15 is 0 Å². The number of hydrogen-bond donors (Lipinski definition) is 0. The van der Waals surface area contributed by atoms with E-state index in [-0.39, 0.29) is 28.5 Å². The number of hydrogen-bond acceptors (Lipinski definition) is 2. The van der Waals surface area contributed by atoms with Crippen LogP contribution in [0.4, 0.5) is 0 Å². The zero-order valence-corrected chi connectivity index (χ0v) is 42.4. The minimum Gasteiger partial charge on any atom is -0.458 e. The molecule has 0 amide bonds. The Balaban J connectivity index is 1.06. The lowest BCUT2D eigenvalue weighted by Crippen LogP contribution is -2.31. The first kappa shape index (κ1) is 38.7. The van der Waals surface area contributed by atoms with E-state index in [1.807, 2.05) is 157 Å². The Bertz CT molecular complexity index is 4150. The van der Waals surface area contributed by atoms with Gasteiger partial charge in [-0.3, -0.25) is 13.7 Å². The van der Waals surface area contributed by atoms with Gasteiger partial charge >= 0.3 is 0 Å². The molecular formula is C67H62N4O. The summed E-state index contributed by atoms with van der Waals surface area (Å²) in [6.45, 7) is 19.0. The molecule has 0 saturated heterocycles. The smallest absolute Gasteiger partial charge is 0.269 e. The van der Waals surface area contributed by atoms with E-state index in [1.54, 1.807) is 6.20 Å². The Morgan fingerprint density at radius 1 is 0.556 bits per heavy atom. The van der Waals surface area contributed by atoms with Gasteiger partial charge < -0.3 is 4.74 Å². The van der Waals surface area contributed by atoms with Crippen molar-refractivity contribution in [3.63, 3.8) is 0 Å². The summed E-state index contributed by atoms with van der Waals surface area (Å²) in [5.74, 6) is 1.74. The SMILES string of the molecule is [2H]c1c([2H])c([2H])c(-c2cccc(-c3cc(C(C)(C)C)cc(C(C)(C)C)c3)c2-[n+]2[c-]n(-c3cccc(Oc4ccc5c6ccccc6n(-c6cc(C([2H])([2H])C(C)(C)C)c(-c7ccccc7)cn6)c5c4)c3)c3ccccc32)c([2H])c1[2H]. The number of imidazole rings is 1. The highest BCUT2D eigenvalue weighted by atomic mass is 16.5. The van der Waals surface area contributed by atoms with E-state index in [4.69, 9.17) is 13.8 Å². The first-order valence-corrected chi connectivity index (χ1v) is 24.6. The summed E-state index contributed by atoms with van der Waals surface area (Å²) in [4.78, 5) is 5.06. The van der Waals surface area contributed by atoms with Gasteiger partial charge in [-0.05, 0) is 110 Å². The fraction of sp³-hybridized carbons (Fsp3) is 0.194. The predicted molar refractivity (Wildman–Crippen MR) is 299 cm³/mol. The van der Waals surface area contributed by atoms with Crippen LogP contribution in [0.5, 0.6) is 11.5 Å². The van der Waals surface area contributed by atoms with Gasteiger partial charge in [0.25, 0.3) is 6.33 Å². The summed E-state index contributed by atoms with van der Waals surface area (Å²) < 4.78 is 76.4. The molecule has 0 aliphatic heterocycles. The van der Waals surface area contributed by atoms with Crippen molar-refractivity contribution < 1.29 is 18.9 Å². The van der Waals surface area contributed by atoms with Gasteiger partial charge in [-0.1, -0.05) is 208 Å². The summed E-state index contributed by atoms with van der Waals surface area (Å²) in [6.07, 6.45) is 3.77. The predicted octanol–water partition coefficient (Wildman–Crippen LogP) is 17.2. The van der Waals surface area contributed by atoms with Crippen molar-refractivity contribution >= 4 is 32.8 Å². The van der Waals surface area contributed by atoms with Crippen LogP contribution in [-0.4, -0.2) is 14.1 Å². The lowest BCUT2D eigenvalue weighted by Gasteiger charge is -2.27. The second-order valence-electron chi connectivity index (χ2n) is 21.7. The molecule has 0 aliphatic carbocycles. The van der Waals surface area contributed by atoms with E-state index in [1.165, 1.54) is 0 Å². The fourth-order valence-corrected chi connectivity index (χ4v) is 9.67. The quantitative estimate of drug-likeness (QED) is 0.107. The van der Waals surface area contributed by atoms with Crippen molar-refractivity contribution in [2.45, 2.75) is 79.5 Å². The number of benzene rings is 8. The average molecular weight is 946 g/mol. The topological polar surface area (TPSA) is 35.9 Å². The Kier molecular flexibility index (Phi) is 9.67. The Labute approximate surface area is 434 Å². The largest absolute Gasteiger partial charge is 0.458 e. The number of aromatic nitrogens is 4. The maximum absolute atomic E-state index is 9.53. The molecule has 5 heteroatoms. The van der Waals surface area contributed by atoms with Crippen molar-refractivity contribution in [2.75, 3.05) is 0 Å². The lowest BCUT2D eigenvalue weighted by molar-refractivity contribution is -0.571. The highest BCUT2D eigenvalue weighted by Crippen LogP contribution is 2.41. The van der Waals surface area contributed by atoms with Crippen molar-refractivity contribution in [1.82, 2.24) is 14.1 Å². The molecule has 0 bridgehead atoms. The van der Waals surface area contributed by atoms with E-state index in [0.29, 0.717) is 34.1 Å². The van der Waals surface area contributed by atoms with Crippen LogP contribution in [-0.2, 0) is 17.2 Å². The maximum Gasteiger partial charge on any atom is 0.269 e. The van der Waals surface area contributed by atoms with Crippen LogP contribution >= 0.6 is 0 Å². The molecule has 11 rings (SSSR count). The third-order valence-corrected chi connectivity index (χ3v) is 13.2. The number of fused-ring (bicyclic) bond motifs is 4. The normalized spacial score (nSPS) is 13.9. The van der Waals surface area contributed by atoms with Gasteiger partial charge in [-0.15, -0.1) is 0 Å². The molecule has 356 valence electrons. The molecule has 11 aromatic rings. The second kappa shape index (κ2) is 18.0. The van der Waals surface area contributed by atoms with Crippen LogP contribution < -0.4 is 9.30 Å². The minimum atomic E-state index is -1.72. The van der Waals surface area contributed by atoms with Gasteiger partial charge in [-0.2, -0.15) is 0 Å². The van der Waals surface area contributed by atoms with Crippen LogP contribution in [0.1, 0.15) is 88.6 Å². The second-order valence-corrected chi connectivity index (χ2v) is 21.7. The summed E-state index contributed by atoms with van der Waals surface area (Å²) in [5, 5.41) is 2.02. The number of pyridine rings is 1. The fourth-order valence-electron chi connectivity index (χ4n) is 9.67. The van der Waals surface area contributed by atoms with Crippen molar-refractivity contribution in [1.29, 1.82) is 0 Å². The van der Waals surface area contributed by atoms with Crippen molar-refractivity contribution in [3.8, 4) is 62.1 Å². The zero-order valence-electron chi connectivity index (χ0n) is 49.4. The van der Waals surface area contributed by atoms with Crippen LogP contribution in [0.25, 0.3) is 83.4 Å². The molecule has 0 unspecified atom stereocenters. The van der Waals surface area contributed by atoms with Gasteiger partial charge in [-0.25, -0.2) is 4.98 Å². The molecule has 0 atom stereocenters. The molecule has 8 aromatic carbocycles. The molecule has 0 fully saturated rings. The van der Waals surface area contributed by atoms with Crippen molar-refractivity contribution in [3.05, 3.63) is 223 Å². The maximum atomic E-state index is 9.53. The number of rotatable bonds is 9. The molecule has 3 heterocycles. The van der Waals surface area contributed by atoms with E-state index in [0.717, 1.165) is 71.9 Å². The van der Waals surface area contributed by atoms with Gasteiger partial charge in [0.1, 0.15) is 17.3 Å². The molecule has 0 aliphatic rings. The summed E-state index contributed by atoms with van der Waals surface area (Å²) in [6, 6.07) is 52.3. The van der Waals surface area contributed by atoms with Crippen LogP contribution in [0.3, 0.4) is 0 Å². The third kappa shape index (κ3) is 8.89. The monoisotopic (exact) mass is 946 g/mol. The average Bonchev–Trinajstić information content (AvgIpc) is 4.09. The Morgan fingerprint density at radius 3 is 1.92 bits per heavy atom. The van der Waals surface area contributed by atoms with Crippen molar-refractivity contribution in [2.24, 2.45) is 5.41 Å². The van der Waals surface area contributed by atoms with Gasteiger partial charge in [0.05, 0.1) is 40.3 Å². The zero-order chi connectivity index (χ0) is 56.1. The summed E-state index contributed by atoms with van der Waals surface area (Å²) >= 11 is 0. The molecular weight excluding hydrogens is 877 g/mol. The van der Waals surface area contributed by atoms with Gasteiger partial charge in [0.15, 0.2) is 0 Å². The molecule has 72 heavy (non-hydrogen) atoms.